The summed E-state index contributed by atoms with van der Waals surface area (Å²) in [6.07, 6.45) is 0. The van der Waals surface area contributed by atoms with Gasteiger partial charge in [0.1, 0.15) is 0 Å². The molecule has 0 atom stereocenters. The summed E-state index contributed by atoms with van der Waals surface area (Å²) in [5.74, 6) is 0. The van der Waals surface area contributed by atoms with Crippen LogP contribution in [0.15, 0.2) is 0 Å². The van der Waals surface area contributed by atoms with Gasteiger partial charge in [0, 0.05) is 65.4 Å². The maximum absolute atomic E-state index is 2.27. The molecule has 0 spiro atoms. The van der Waals surface area contributed by atoms with Gasteiger partial charge in [-0.25, -0.2) is 0 Å². The van der Waals surface area contributed by atoms with Crippen LogP contribution >= 0.6 is 0 Å². The zero-order valence-electron chi connectivity index (χ0n) is 5.23. The molecule has 7 heavy (non-hydrogen) atoms. The molecule has 0 nitrogen and oxygen atoms in total. The Morgan fingerprint density at radius 1 is 1.14 bits per heavy atom. The summed E-state index contributed by atoms with van der Waals surface area (Å²) in [4.78, 5) is 0. The minimum absolute atomic E-state index is 0. The normalized spacial score (nSPS) is 6.86. The van der Waals surface area contributed by atoms with Crippen molar-refractivity contribution in [3.05, 3.63) is 6.04 Å². The Kier molecular flexibility index (Phi) is 26.0. The molecular formula is C4H10SiY2-. The molecule has 0 aromatic carbocycles. The average molecular weight is 264 g/mol. The Balaban J connectivity index is -0.0000000800. The van der Waals surface area contributed by atoms with Gasteiger partial charge in [0.2, 0.25) is 0 Å². The van der Waals surface area contributed by atoms with Crippen molar-refractivity contribution in [2.75, 3.05) is 0 Å². The van der Waals surface area contributed by atoms with Gasteiger partial charge in [0.25, 0.3) is 0 Å². The van der Waals surface area contributed by atoms with Gasteiger partial charge in [-0.05, 0) is 0 Å². The van der Waals surface area contributed by atoms with E-state index >= 15 is 0 Å². The molecule has 0 aliphatic carbocycles. The molecule has 0 unspecified atom stereocenters. The molecule has 0 fully saturated rings. The van der Waals surface area contributed by atoms with E-state index < -0.39 is 0 Å². The zero-order valence-corrected chi connectivity index (χ0v) is 11.9. The SMILES string of the molecule is C[CH-][Si](C)C.[Y].[Y]. The molecule has 0 aromatic heterocycles. The van der Waals surface area contributed by atoms with Crippen LogP contribution in [0.1, 0.15) is 6.92 Å². The number of rotatable bonds is 1. The molecule has 0 saturated carbocycles. The van der Waals surface area contributed by atoms with Crippen molar-refractivity contribution in [3.8, 4) is 0 Å². The maximum Gasteiger partial charge on any atom is 0 e. The summed E-state index contributed by atoms with van der Waals surface area (Å²) in [6, 6.07) is 2.27. The quantitative estimate of drug-likeness (QED) is 0.497. The summed E-state index contributed by atoms with van der Waals surface area (Å²) in [6.45, 7) is 6.66. The molecule has 0 saturated heterocycles. The molecule has 0 aliphatic rings. The van der Waals surface area contributed by atoms with E-state index in [-0.39, 0.29) is 74.2 Å². The van der Waals surface area contributed by atoms with Gasteiger partial charge in [-0.2, -0.15) is 6.92 Å². The molecule has 0 bridgehead atoms. The molecule has 0 heterocycles. The van der Waals surface area contributed by atoms with E-state index in [0.717, 1.165) is 0 Å². The molecule has 3 radical (unpaired) electrons. The molecule has 0 aromatic rings. The second kappa shape index (κ2) is 11.3. The van der Waals surface area contributed by atoms with Gasteiger partial charge in [-0.15, -0.1) is 8.80 Å². The molecule has 0 amide bonds. The molecule has 0 rings (SSSR count). The van der Waals surface area contributed by atoms with Crippen LogP contribution in [0.5, 0.6) is 0 Å². The van der Waals surface area contributed by atoms with Crippen LogP contribution in [0.4, 0.5) is 0 Å². The van der Waals surface area contributed by atoms with Crippen LogP contribution in [0, 0.1) is 6.04 Å². The van der Waals surface area contributed by atoms with E-state index in [1.807, 2.05) is 0 Å². The van der Waals surface area contributed by atoms with Crippen molar-refractivity contribution in [1.29, 1.82) is 0 Å². The Morgan fingerprint density at radius 3 is 1.29 bits per heavy atom. The van der Waals surface area contributed by atoms with E-state index in [9.17, 15) is 0 Å². The monoisotopic (exact) mass is 264 g/mol. The standard InChI is InChI=1S/C4H10Si.2Y/c1-4-5(2)3;;/h4H,1-3H3;;/q-1;;. The van der Waals surface area contributed by atoms with Crippen LogP contribution < -0.4 is 0 Å². The second-order valence-electron chi connectivity index (χ2n) is 1.37. The van der Waals surface area contributed by atoms with Gasteiger partial charge in [-0.1, -0.05) is 13.1 Å². The fraction of sp³-hybridized carbons (Fsp3) is 0.750. The van der Waals surface area contributed by atoms with E-state index in [1.54, 1.807) is 0 Å². The average Bonchev–Trinajstić information content (AvgIpc) is 1.38. The van der Waals surface area contributed by atoms with Gasteiger partial charge in [0.15, 0.2) is 0 Å². The summed E-state index contributed by atoms with van der Waals surface area (Å²) < 4.78 is 0. The summed E-state index contributed by atoms with van der Waals surface area (Å²) in [5, 5.41) is 0. The van der Waals surface area contributed by atoms with Crippen LogP contribution in [0.25, 0.3) is 0 Å². The van der Waals surface area contributed by atoms with Crippen molar-refractivity contribution in [2.24, 2.45) is 0 Å². The molecule has 0 aliphatic heterocycles. The Hall–Kier alpha value is 2.42. The topological polar surface area (TPSA) is 0 Å². The van der Waals surface area contributed by atoms with Crippen LogP contribution in [0.2, 0.25) is 13.1 Å². The Bertz CT molecular complexity index is 23.7. The largest absolute Gasteiger partial charge is 0.334 e. The second-order valence-corrected chi connectivity index (χ2v) is 4.10. The third-order valence-corrected chi connectivity index (χ3v) is 1.73. The summed E-state index contributed by atoms with van der Waals surface area (Å²) >= 11 is 0. The van der Waals surface area contributed by atoms with Crippen molar-refractivity contribution in [3.63, 3.8) is 0 Å². The van der Waals surface area contributed by atoms with Crippen LogP contribution in [0.3, 0.4) is 0 Å². The number of hydrogen-bond acceptors (Lipinski definition) is 0. The van der Waals surface area contributed by atoms with E-state index in [1.165, 1.54) is 0 Å². The number of hydrogen-bond donors (Lipinski definition) is 0. The van der Waals surface area contributed by atoms with Crippen molar-refractivity contribution >= 4 is 8.80 Å². The first-order valence-electron chi connectivity index (χ1n) is 1.87. The molecule has 37 valence electrons. The minimum atomic E-state index is 0. The van der Waals surface area contributed by atoms with Crippen molar-refractivity contribution in [2.45, 2.75) is 20.0 Å². The van der Waals surface area contributed by atoms with Crippen molar-refractivity contribution < 1.29 is 65.4 Å². The summed E-state index contributed by atoms with van der Waals surface area (Å²) in [7, 11) is 0.00103. The molecular weight excluding hydrogens is 254 g/mol. The van der Waals surface area contributed by atoms with E-state index in [4.69, 9.17) is 0 Å². The third kappa shape index (κ3) is 17.8. The van der Waals surface area contributed by atoms with Crippen LogP contribution in [-0.2, 0) is 65.4 Å². The summed E-state index contributed by atoms with van der Waals surface area (Å²) in [5.41, 5.74) is 0. The first-order chi connectivity index (χ1) is 2.27. The molecule has 0 N–H and O–H groups in total. The third-order valence-electron chi connectivity index (χ3n) is 0.577. The van der Waals surface area contributed by atoms with E-state index in [0.29, 0.717) is 0 Å². The van der Waals surface area contributed by atoms with E-state index in [2.05, 4.69) is 26.1 Å². The fourth-order valence-corrected chi connectivity index (χ4v) is 0. The fourth-order valence-electron chi connectivity index (χ4n) is 0. The molecule has 3 heteroatoms. The van der Waals surface area contributed by atoms with Crippen LogP contribution in [-0.4, -0.2) is 8.80 Å². The van der Waals surface area contributed by atoms with Crippen molar-refractivity contribution in [1.82, 2.24) is 0 Å². The Labute approximate surface area is 98.6 Å². The zero-order chi connectivity index (χ0) is 4.28. The Morgan fingerprint density at radius 2 is 1.29 bits per heavy atom. The van der Waals surface area contributed by atoms with Gasteiger partial charge in [-0.3, -0.25) is 0 Å². The maximum atomic E-state index is 2.27. The minimum Gasteiger partial charge on any atom is -0.334 e. The van der Waals surface area contributed by atoms with Gasteiger partial charge in [0.05, 0.1) is 0 Å². The predicted molar refractivity (Wildman–Crippen MR) is 27.5 cm³/mol. The van der Waals surface area contributed by atoms with Gasteiger partial charge < -0.3 is 6.04 Å². The first-order valence-corrected chi connectivity index (χ1v) is 4.44. The first kappa shape index (κ1) is 16.2. The van der Waals surface area contributed by atoms with Gasteiger partial charge >= 0.3 is 0 Å². The predicted octanol–water partition coefficient (Wildman–Crippen LogP) is 1.50. The smallest absolute Gasteiger partial charge is 0 e.